The van der Waals surface area contributed by atoms with E-state index in [9.17, 15) is 9.59 Å². The number of hydrogen-bond donors (Lipinski definition) is 0. The molecule has 0 bridgehead atoms. The molecule has 1 fully saturated rings. The van der Waals surface area contributed by atoms with Gasteiger partial charge < -0.3 is 9.47 Å². The first-order valence-corrected chi connectivity index (χ1v) is 14.2. The summed E-state index contributed by atoms with van der Waals surface area (Å²) in [6.45, 7) is 1.95. The van der Waals surface area contributed by atoms with E-state index in [1.807, 2.05) is 43.3 Å². The highest BCUT2D eigenvalue weighted by Crippen LogP contribution is 2.41. The summed E-state index contributed by atoms with van der Waals surface area (Å²) in [4.78, 5) is 28.6. The van der Waals surface area contributed by atoms with E-state index in [1.165, 1.54) is 30.2 Å². The summed E-state index contributed by atoms with van der Waals surface area (Å²) in [5.41, 5.74) is 1.69. The van der Waals surface area contributed by atoms with E-state index in [2.05, 4.69) is 0 Å². The summed E-state index contributed by atoms with van der Waals surface area (Å²) in [5.74, 6) is -0.229. The van der Waals surface area contributed by atoms with Crippen molar-refractivity contribution in [2.45, 2.75) is 13.0 Å². The number of thiophene rings is 1. The molecular weight excluding hydrogens is 581 g/mol. The van der Waals surface area contributed by atoms with Crippen LogP contribution in [-0.4, -0.2) is 28.2 Å². The third-order valence-electron chi connectivity index (χ3n) is 5.97. The van der Waals surface area contributed by atoms with Crippen molar-refractivity contribution in [2.24, 2.45) is 0 Å². The van der Waals surface area contributed by atoms with E-state index in [0.29, 0.717) is 30.9 Å². The molecular formula is C28H19Cl2NO4S3. The Labute approximate surface area is 242 Å². The van der Waals surface area contributed by atoms with Crippen LogP contribution in [0.3, 0.4) is 0 Å². The smallest absolute Gasteiger partial charge is 0.355 e. The number of benzene rings is 3. The van der Waals surface area contributed by atoms with Gasteiger partial charge in [-0.3, -0.25) is 9.69 Å². The molecule has 0 saturated carbocycles. The number of ether oxygens (including phenoxy) is 2. The minimum Gasteiger partial charge on any atom is -0.493 e. The maximum Gasteiger partial charge on any atom is 0.355 e. The number of hydrogen-bond acceptors (Lipinski definition) is 7. The van der Waals surface area contributed by atoms with Crippen molar-refractivity contribution in [3.8, 4) is 11.5 Å². The van der Waals surface area contributed by atoms with E-state index in [-0.39, 0.29) is 27.6 Å². The number of methoxy groups -OCH3 is 1. The lowest BCUT2D eigenvalue weighted by atomic mass is 10.1. The van der Waals surface area contributed by atoms with Gasteiger partial charge in [0.2, 0.25) is 0 Å². The van der Waals surface area contributed by atoms with Crippen LogP contribution in [0, 0.1) is 0 Å². The number of esters is 1. The van der Waals surface area contributed by atoms with Crippen molar-refractivity contribution in [1.82, 2.24) is 4.90 Å². The molecule has 10 heteroatoms. The van der Waals surface area contributed by atoms with Gasteiger partial charge in [-0.05, 0) is 48.4 Å². The number of halogens is 2. The van der Waals surface area contributed by atoms with E-state index in [0.717, 1.165) is 10.3 Å². The van der Waals surface area contributed by atoms with E-state index >= 15 is 0 Å². The highest BCUT2D eigenvalue weighted by molar-refractivity contribution is 8.26. The summed E-state index contributed by atoms with van der Waals surface area (Å²) < 4.78 is 12.4. The predicted octanol–water partition coefficient (Wildman–Crippen LogP) is 8.40. The first-order valence-electron chi connectivity index (χ1n) is 11.4. The predicted molar refractivity (Wildman–Crippen MR) is 160 cm³/mol. The van der Waals surface area contributed by atoms with Crippen LogP contribution in [0.15, 0.2) is 71.6 Å². The maximum absolute atomic E-state index is 13.2. The Hall–Kier alpha value is -2.88. The number of nitrogens with zero attached hydrogens (tertiary/aromatic N) is 1. The van der Waals surface area contributed by atoms with Crippen molar-refractivity contribution < 1.29 is 19.1 Å². The Morgan fingerprint density at radius 1 is 1.05 bits per heavy atom. The minimum atomic E-state index is -0.617. The second-order valence-electron chi connectivity index (χ2n) is 8.30. The third kappa shape index (κ3) is 5.07. The number of fused-ring (bicyclic) bond motifs is 1. The van der Waals surface area contributed by atoms with Crippen LogP contribution < -0.4 is 9.47 Å². The molecule has 5 nitrogen and oxygen atoms in total. The topological polar surface area (TPSA) is 55.8 Å². The summed E-state index contributed by atoms with van der Waals surface area (Å²) >= 11 is 20.7. The molecule has 3 aromatic carbocycles. The molecule has 0 radical (unpaired) electrons. The Morgan fingerprint density at radius 3 is 2.53 bits per heavy atom. The van der Waals surface area contributed by atoms with Crippen LogP contribution in [0.4, 0.5) is 0 Å². The highest BCUT2D eigenvalue weighted by Gasteiger charge is 2.36. The molecule has 1 aliphatic heterocycles. The fourth-order valence-electron chi connectivity index (χ4n) is 4.05. The van der Waals surface area contributed by atoms with Crippen LogP contribution in [0.2, 0.25) is 10.0 Å². The molecule has 5 rings (SSSR count). The number of amides is 1. The van der Waals surface area contributed by atoms with Crippen molar-refractivity contribution >= 4 is 90.9 Å². The Bertz CT molecular complexity index is 1620. The lowest BCUT2D eigenvalue weighted by Gasteiger charge is -2.23. The number of carbonyl (C=O) groups excluding carboxylic acids is 2. The van der Waals surface area contributed by atoms with Gasteiger partial charge in [-0.2, -0.15) is 0 Å². The zero-order valence-electron chi connectivity index (χ0n) is 20.1. The van der Waals surface area contributed by atoms with Gasteiger partial charge in [0, 0.05) is 10.1 Å². The molecule has 1 aromatic heterocycles. The van der Waals surface area contributed by atoms with Gasteiger partial charge in [0.05, 0.1) is 28.1 Å². The lowest BCUT2D eigenvalue weighted by molar-refractivity contribution is -0.123. The second-order valence-corrected chi connectivity index (χ2v) is 11.8. The molecule has 1 unspecified atom stereocenters. The van der Waals surface area contributed by atoms with Crippen molar-refractivity contribution in [2.75, 3.05) is 7.11 Å². The van der Waals surface area contributed by atoms with E-state index < -0.39 is 5.97 Å². The summed E-state index contributed by atoms with van der Waals surface area (Å²) in [7, 11) is 1.48. The quantitative estimate of drug-likeness (QED) is 0.0959. The minimum absolute atomic E-state index is 0.163. The van der Waals surface area contributed by atoms with Gasteiger partial charge in [-0.15, -0.1) is 11.3 Å². The fraction of sp³-hybridized carbons (Fsp3) is 0.107. The summed E-state index contributed by atoms with van der Waals surface area (Å²) in [6, 6.07) is 19.9. The van der Waals surface area contributed by atoms with Gasteiger partial charge in [0.25, 0.3) is 5.91 Å². The van der Waals surface area contributed by atoms with E-state index in [1.54, 1.807) is 41.3 Å². The Balaban J connectivity index is 1.37. The van der Waals surface area contributed by atoms with Crippen molar-refractivity contribution in [1.29, 1.82) is 0 Å². The second kappa shape index (κ2) is 11.1. The Kier molecular flexibility index (Phi) is 7.79. The van der Waals surface area contributed by atoms with Crippen LogP contribution in [0.25, 0.3) is 16.2 Å². The average molecular weight is 601 g/mol. The largest absolute Gasteiger partial charge is 0.493 e. The SMILES string of the molecule is COc1cc(C=C2SC(=S)N(C(C)c3ccccc3)C2=O)ccc1OC(=O)c1sc2cccc(Cl)c2c1Cl. The molecule has 1 amide bonds. The van der Waals surface area contributed by atoms with Crippen molar-refractivity contribution in [3.05, 3.63) is 97.7 Å². The normalized spacial score (nSPS) is 15.4. The Morgan fingerprint density at radius 2 is 1.82 bits per heavy atom. The molecule has 0 spiro atoms. The van der Waals surface area contributed by atoms with Gasteiger partial charge >= 0.3 is 5.97 Å². The number of rotatable bonds is 6. The average Bonchev–Trinajstić information content (AvgIpc) is 3.40. The molecule has 2 heterocycles. The first kappa shape index (κ1) is 26.7. The lowest BCUT2D eigenvalue weighted by Crippen LogP contribution is -2.30. The van der Waals surface area contributed by atoms with Gasteiger partial charge in [-0.1, -0.05) is 89.6 Å². The molecule has 0 N–H and O–H groups in total. The third-order valence-corrected chi connectivity index (χ3v) is 9.24. The number of thiocarbonyl (C=S) groups is 1. The van der Waals surface area contributed by atoms with Crippen LogP contribution in [0.5, 0.6) is 11.5 Å². The van der Waals surface area contributed by atoms with Crippen LogP contribution in [-0.2, 0) is 4.79 Å². The molecule has 38 heavy (non-hydrogen) atoms. The summed E-state index contributed by atoms with van der Waals surface area (Å²) in [5, 5.41) is 1.34. The molecule has 1 saturated heterocycles. The fourth-order valence-corrected chi connectivity index (χ4v) is 7.29. The van der Waals surface area contributed by atoms with Crippen LogP contribution >= 0.6 is 58.5 Å². The van der Waals surface area contributed by atoms with Gasteiger partial charge in [0.1, 0.15) is 9.20 Å². The number of carbonyl (C=O) groups is 2. The van der Waals surface area contributed by atoms with Gasteiger partial charge in [0.15, 0.2) is 11.5 Å². The number of thioether (sulfide) groups is 1. The summed E-state index contributed by atoms with van der Waals surface area (Å²) in [6.07, 6.45) is 1.75. The standard InChI is InChI=1S/C28H19Cl2NO4S3/c1-15(17-7-4-3-5-8-17)31-26(32)22(38-28(31)36)14-16-11-12-19(20(13-16)34-2)35-27(33)25-24(30)23-18(29)9-6-10-21(23)37-25/h3-15H,1-2H3. The zero-order valence-corrected chi connectivity index (χ0v) is 24.0. The highest BCUT2D eigenvalue weighted by atomic mass is 35.5. The van der Waals surface area contributed by atoms with Gasteiger partial charge in [-0.25, -0.2) is 4.79 Å². The molecule has 0 aliphatic carbocycles. The molecule has 192 valence electrons. The molecule has 1 atom stereocenters. The van der Waals surface area contributed by atoms with E-state index in [4.69, 9.17) is 44.9 Å². The molecule has 1 aliphatic rings. The van der Waals surface area contributed by atoms with Crippen molar-refractivity contribution in [3.63, 3.8) is 0 Å². The zero-order chi connectivity index (χ0) is 27.0. The molecule has 4 aromatic rings. The first-order chi connectivity index (χ1) is 18.3. The van der Waals surface area contributed by atoms with Crippen LogP contribution in [0.1, 0.15) is 33.8 Å². The monoisotopic (exact) mass is 599 g/mol. The maximum atomic E-state index is 13.2.